The maximum absolute atomic E-state index is 12.4. The molecule has 7 heteroatoms. The number of nitrogens with one attached hydrogen (secondary N) is 1. The van der Waals surface area contributed by atoms with E-state index in [-0.39, 0.29) is 25.0 Å². The van der Waals surface area contributed by atoms with Gasteiger partial charge in [-0.15, -0.1) is 0 Å². The van der Waals surface area contributed by atoms with Gasteiger partial charge in [0.1, 0.15) is 0 Å². The molecule has 136 valence electrons. The molecule has 0 aliphatic carbocycles. The van der Waals surface area contributed by atoms with Gasteiger partial charge in [-0.2, -0.15) is 0 Å². The van der Waals surface area contributed by atoms with Crippen LogP contribution in [-0.2, 0) is 11.3 Å². The molecule has 1 amide bonds. The molecule has 0 spiro atoms. The lowest BCUT2D eigenvalue weighted by molar-refractivity contribution is -0.117. The largest absolute Gasteiger partial charge is 0.454 e. The number of fused-ring (bicyclic) bond motifs is 1. The third-order valence-electron chi connectivity index (χ3n) is 3.98. The van der Waals surface area contributed by atoms with Gasteiger partial charge in [-0.3, -0.25) is 14.5 Å². The fourth-order valence-electron chi connectivity index (χ4n) is 2.74. The van der Waals surface area contributed by atoms with Crippen molar-refractivity contribution in [2.75, 3.05) is 25.7 Å². The van der Waals surface area contributed by atoms with Crippen molar-refractivity contribution < 1.29 is 19.1 Å². The molecule has 6 nitrogen and oxygen atoms in total. The topological polar surface area (TPSA) is 67.9 Å². The van der Waals surface area contributed by atoms with Crippen LogP contribution in [0.5, 0.6) is 11.5 Å². The average molecular weight is 375 g/mol. The van der Waals surface area contributed by atoms with E-state index < -0.39 is 0 Å². The third kappa shape index (κ3) is 4.15. The van der Waals surface area contributed by atoms with E-state index in [0.717, 1.165) is 5.56 Å². The summed E-state index contributed by atoms with van der Waals surface area (Å²) < 4.78 is 10.6. The molecule has 0 bridgehead atoms. The molecule has 26 heavy (non-hydrogen) atoms. The van der Waals surface area contributed by atoms with Crippen LogP contribution in [0, 0.1) is 0 Å². The first-order valence-electron chi connectivity index (χ1n) is 8.10. The van der Waals surface area contributed by atoms with Gasteiger partial charge in [0.25, 0.3) is 0 Å². The molecule has 0 atom stereocenters. The van der Waals surface area contributed by atoms with Gasteiger partial charge in [0, 0.05) is 23.2 Å². The van der Waals surface area contributed by atoms with Crippen LogP contribution in [0.1, 0.15) is 22.8 Å². The van der Waals surface area contributed by atoms with E-state index in [4.69, 9.17) is 21.1 Å². The number of halogens is 1. The highest BCUT2D eigenvalue weighted by atomic mass is 35.5. The quantitative estimate of drug-likeness (QED) is 0.785. The predicted octanol–water partition coefficient (Wildman–Crippen LogP) is 3.34. The lowest BCUT2D eigenvalue weighted by atomic mass is 10.1. The summed E-state index contributed by atoms with van der Waals surface area (Å²) in [7, 11) is 1.83. The van der Waals surface area contributed by atoms with Crippen molar-refractivity contribution in [3.63, 3.8) is 0 Å². The van der Waals surface area contributed by atoms with Crippen molar-refractivity contribution in [2.24, 2.45) is 0 Å². The molecule has 1 N–H and O–H groups in total. The van der Waals surface area contributed by atoms with Crippen molar-refractivity contribution in [3.05, 3.63) is 52.5 Å². The lowest BCUT2D eigenvalue weighted by Crippen LogP contribution is -2.30. The van der Waals surface area contributed by atoms with Crippen LogP contribution < -0.4 is 14.8 Å². The number of ketones is 1. The lowest BCUT2D eigenvalue weighted by Gasteiger charge is -2.18. The van der Waals surface area contributed by atoms with Gasteiger partial charge in [0.05, 0.1) is 12.2 Å². The Labute approximate surface area is 156 Å². The van der Waals surface area contributed by atoms with Gasteiger partial charge in [-0.05, 0) is 31.7 Å². The Bertz CT molecular complexity index is 853. The molecule has 0 saturated heterocycles. The maximum Gasteiger partial charge on any atom is 0.238 e. The zero-order valence-corrected chi connectivity index (χ0v) is 15.3. The Morgan fingerprint density at radius 1 is 1.19 bits per heavy atom. The monoisotopic (exact) mass is 374 g/mol. The van der Waals surface area contributed by atoms with Crippen LogP contribution in [0.4, 0.5) is 5.69 Å². The Kier molecular flexibility index (Phi) is 5.44. The molecule has 3 rings (SSSR count). The minimum Gasteiger partial charge on any atom is -0.454 e. The van der Waals surface area contributed by atoms with E-state index in [1.807, 2.05) is 36.2 Å². The summed E-state index contributed by atoms with van der Waals surface area (Å²) in [5.41, 5.74) is 1.74. The molecule has 0 fully saturated rings. The van der Waals surface area contributed by atoms with E-state index >= 15 is 0 Å². The fraction of sp³-hybridized carbons (Fsp3) is 0.263. The van der Waals surface area contributed by atoms with Crippen molar-refractivity contribution >= 4 is 29.0 Å². The van der Waals surface area contributed by atoms with Crippen molar-refractivity contribution in [1.82, 2.24) is 4.90 Å². The Morgan fingerprint density at radius 3 is 2.58 bits per heavy atom. The van der Waals surface area contributed by atoms with Crippen LogP contribution in [0.3, 0.4) is 0 Å². The highest BCUT2D eigenvalue weighted by molar-refractivity contribution is 6.31. The molecular formula is C19H19ClN2O4. The zero-order chi connectivity index (χ0) is 18.7. The minimum absolute atomic E-state index is 0.102. The summed E-state index contributed by atoms with van der Waals surface area (Å²) in [5.74, 6) is 0.614. The van der Waals surface area contributed by atoms with Gasteiger partial charge < -0.3 is 14.8 Å². The Balaban J connectivity index is 1.68. The summed E-state index contributed by atoms with van der Waals surface area (Å²) >= 11 is 6.15. The predicted molar refractivity (Wildman–Crippen MR) is 99.0 cm³/mol. The SMILES string of the molecule is CC(=O)c1cc2c(cc1NC(=O)CN(C)Cc1ccccc1Cl)OCO2. The third-order valence-corrected chi connectivity index (χ3v) is 4.35. The number of Topliss-reactive ketones (excluding diaryl/α,β-unsaturated/α-hetero) is 1. The van der Waals surface area contributed by atoms with E-state index in [1.54, 1.807) is 12.1 Å². The second-order valence-corrected chi connectivity index (χ2v) is 6.53. The summed E-state index contributed by atoms with van der Waals surface area (Å²) in [5, 5.41) is 3.44. The smallest absolute Gasteiger partial charge is 0.238 e. The van der Waals surface area contributed by atoms with Crippen LogP contribution in [-0.4, -0.2) is 37.0 Å². The number of ether oxygens (including phenoxy) is 2. The maximum atomic E-state index is 12.4. The molecule has 1 aliphatic rings. The number of anilines is 1. The molecule has 0 aromatic heterocycles. The van der Waals surface area contributed by atoms with Crippen LogP contribution in [0.2, 0.25) is 5.02 Å². The normalized spacial score (nSPS) is 12.3. The highest BCUT2D eigenvalue weighted by Gasteiger charge is 2.20. The van der Waals surface area contributed by atoms with Gasteiger partial charge in [0.2, 0.25) is 12.7 Å². The summed E-state index contributed by atoms with van der Waals surface area (Å²) in [4.78, 5) is 26.1. The molecule has 1 aliphatic heterocycles. The van der Waals surface area contributed by atoms with Crippen LogP contribution in [0.15, 0.2) is 36.4 Å². The number of carbonyl (C=O) groups is 2. The number of nitrogens with zero attached hydrogens (tertiary/aromatic N) is 1. The van der Waals surface area contributed by atoms with E-state index in [0.29, 0.717) is 34.3 Å². The second kappa shape index (κ2) is 7.76. The first-order valence-corrected chi connectivity index (χ1v) is 8.48. The van der Waals surface area contributed by atoms with Gasteiger partial charge in [-0.1, -0.05) is 29.8 Å². The zero-order valence-electron chi connectivity index (χ0n) is 14.5. The number of rotatable bonds is 6. The fourth-order valence-corrected chi connectivity index (χ4v) is 2.94. The number of hydrogen-bond donors (Lipinski definition) is 1. The minimum atomic E-state index is -0.235. The molecule has 0 unspecified atom stereocenters. The molecule has 0 radical (unpaired) electrons. The van der Waals surface area contributed by atoms with Crippen LogP contribution >= 0.6 is 11.6 Å². The van der Waals surface area contributed by atoms with Crippen molar-refractivity contribution in [3.8, 4) is 11.5 Å². The molecule has 2 aromatic carbocycles. The Morgan fingerprint density at radius 2 is 1.88 bits per heavy atom. The number of likely N-dealkylation sites (N-methyl/N-ethyl adjacent to an activating group) is 1. The van der Waals surface area contributed by atoms with E-state index in [1.165, 1.54) is 6.92 Å². The van der Waals surface area contributed by atoms with Crippen molar-refractivity contribution in [1.29, 1.82) is 0 Å². The van der Waals surface area contributed by atoms with Crippen LogP contribution in [0.25, 0.3) is 0 Å². The van der Waals surface area contributed by atoms with Crippen molar-refractivity contribution in [2.45, 2.75) is 13.5 Å². The molecule has 2 aromatic rings. The number of carbonyl (C=O) groups excluding carboxylic acids is 2. The summed E-state index contributed by atoms with van der Waals surface area (Å²) in [6.45, 7) is 2.23. The standard InChI is InChI=1S/C19H19ClN2O4/c1-12(23)14-7-17-18(26-11-25-17)8-16(14)21-19(24)10-22(2)9-13-5-3-4-6-15(13)20/h3-8H,9-11H2,1-2H3,(H,21,24). The first-order chi connectivity index (χ1) is 12.4. The van der Waals surface area contributed by atoms with Gasteiger partial charge in [0.15, 0.2) is 17.3 Å². The summed E-state index contributed by atoms with van der Waals surface area (Å²) in [6, 6.07) is 10.7. The highest BCUT2D eigenvalue weighted by Crippen LogP contribution is 2.37. The summed E-state index contributed by atoms with van der Waals surface area (Å²) in [6.07, 6.45) is 0. The first kappa shape index (κ1) is 18.2. The Hall–Kier alpha value is -2.57. The number of hydrogen-bond acceptors (Lipinski definition) is 5. The van der Waals surface area contributed by atoms with Gasteiger partial charge >= 0.3 is 0 Å². The molecular weight excluding hydrogens is 356 g/mol. The average Bonchev–Trinajstić information content (AvgIpc) is 3.03. The molecule has 0 saturated carbocycles. The van der Waals surface area contributed by atoms with E-state index in [2.05, 4.69) is 5.32 Å². The number of benzene rings is 2. The molecule has 1 heterocycles. The second-order valence-electron chi connectivity index (χ2n) is 6.12. The van der Waals surface area contributed by atoms with Gasteiger partial charge in [-0.25, -0.2) is 0 Å². The number of amides is 1. The van der Waals surface area contributed by atoms with E-state index in [9.17, 15) is 9.59 Å².